The molecule has 22 heavy (non-hydrogen) atoms. The number of rotatable bonds is 5. The molecule has 3 nitrogen and oxygen atoms in total. The van der Waals surface area contributed by atoms with Crippen LogP contribution in [0.5, 0.6) is 0 Å². The molecule has 4 heteroatoms. The Morgan fingerprint density at radius 1 is 1.05 bits per heavy atom. The average Bonchev–Trinajstić information content (AvgIpc) is 2.49. The lowest BCUT2D eigenvalue weighted by atomic mass is 9.94. The van der Waals surface area contributed by atoms with E-state index in [1.54, 1.807) is 0 Å². The van der Waals surface area contributed by atoms with E-state index in [9.17, 15) is 4.79 Å². The van der Waals surface area contributed by atoms with Gasteiger partial charge >= 0.3 is 0 Å². The summed E-state index contributed by atoms with van der Waals surface area (Å²) in [5.41, 5.74) is 8.11. The Bertz CT molecular complexity index is 633. The van der Waals surface area contributed by atoms with Crippen LogP contribution in [0.1, 0.15) is 35.3 Å². The highest BCUT2D eigenvalue weighted by Gasteiger charge is 2.21. The average molecular weight is 361 g/mol. The number of halogens is 1. The van der Waals surface area contributed by atoms with Gasteiger partial charge < -0.3 is 11.1 Å². The summed E-state index contributed by atoms with van der Waals surface area (Å²) in [7, 11) is 0. The quantitative estimate of drug-likeness (QED) is 0.854. The Morgan fingerprint density at radius 2 is 1.59 bits per heavy atom. The lowest BCUT2D eigenvalue weighted by molar-refractivity contribution is 0.0913. The summed E-state index contributed by atoms with van der Waals surface area (Å²) in [5.74, 6) is -0.0642. The number of nitrogens with one attached hydrogen (secondary N) is 1. The summed E-state index contributed by atoms with van der Waals surface area (Å²) in [6.07, 6.45) is 0.771. The van der Waals surface area contributed by atoms with E-state index in [0.29, 0.717) is 12.1 Å². The molecule has 0 aliphatic carbocycles. The molecular weight excluding hydrogens is 340 g/mol. The smallest absolute Gasteiger partial charge is 0.251 e. The first-order chi connectivity index (χ1) is 10.4. The largest absolute Gasteiger partial charge is 0.347 e. The summed E-state index contributed by atoms with van der Waals surface area (Å²) in [6.45, 7) is 4.54. The van der Waals surface area contributed by atoms with Crippen LogP contribution in [0.25, 0.3) is 0 Å². The first kappa shape index (κ1) is 16.7. The van der Waals surface area contributed by atoms with Crippen molar-refractivity contribution in [1.29, 1.82) is 0 Å². The van der Waals surface area contributed by atoms with Gasteiger partial charge in [-0.25, -0.2) is 0 Å². The third-order valence-corrected chi connectivity index (χ3v) is 3.99. The maximum atomic E-state index is 12.4. The highest BCUT2D eigenvalue weighted by atomic mass is 79.9. The molecule has 0 aromatic heterocycles. The second-order valence-electron chi connectivity index (χ2n) is 6.04. The van der Waals surface area contributed by atoms with Crippen LogP contribution < -0.4 is 11.1 Å². The van der Waals surface area contributed by atoms with Gasteiger partial charge in [-0.1, -0.05) is 40.2 Å². The Kier molecular flexibility index (Phi) is 5.37. The lowest BCUT2D eigenvalue weighted by Gasteiger charge is -2.26. The first-order valence-electron chi connectivity index (χ1n) is 7.25. The van der Waals surface area contributed by atoms with Gasteiger partial charge in [-0.3, -0.25) is 4.79 Å². The van der Waals surface area contributed by atoms with Crippen LogP contribution in [0.4, 0.5) is 0 Å². The van der Waals surface area contributed by atoms with Gasteiger partial charge in [-0.15, -0.1) is 0 Å². The molecule has 1 amide bonds. The highest BCUT2D eigenvalue weighted by molar-refractivity contribution is 9.10. The van der Waals surface area contributed by atoms with E-state index in [-0.39, 0.29) is 11.4 Å². The fourth-order valence-electron chi connectivity index (χ4n) is 2.33. The van der Waals surface area contributed by atoms with E-state index >= 15 is 0 Å². The van der Waals surface area contributed by atoms with E-state index in [2.05, 4.69) is 33.4 Å². The van der Waals surface area contributed by atoms with Crippen LogP contribution in [0.3, 0.4) is 0 Å². The first-order valence-corrected chi connectivity index (χ1v) is 8.05. The molecule has 0 unspecified atom stereocenters. The molecule has 2 aromatic rings. The summed E-state index contributed by atoms with van der Waals surface area (Å²) in [6, 6.07) is 15.5. The maximum absolute atomic E-state index is 12.4. The van der Waals surface area contributed by atoms with Crippen molar-refractivity contribution in [2.24, 2.45) is 5.73 Å². The highest BCUT2D eigenvalue weighted by Crippen LogP contribution is 2.17. The molecule has 0 saturated heterocycles. The normalized spacial score (nSPS) is 11.3. The van der Waals surface area contributed by atoms with Crippen LogP contribution in [0.2, 0.25) is 0 Å². The van der Waals surface area contributed by atoms with Crippen LogP contribution in [0, 0.1) is 0 Å². The number of hydrogen-bond donors (Lipinski definition) is 2. The van der Waals surface area contributed by atoms with Crippen molar-refractivity contribution in [3.63, 3.8) is 0 Å². The van der Waals surface area contributed by atoms with Crippen molar-refractivity contribution in [2.75, 3.05) is 0 Å². The van der Waals surface area contributed by atoms with Gasteiger partial charge in [-0.05, 0) is 55.7 Å². The Balaban J connectivity index is 2.03. The molecule has 0 aliphatic rings. The zero-order valence-corrected chi connectivity index (χ0v) is 14.5. The van der Waals surface area contributed by atoms with E-state index < -0.39 is 0 Å². The SMILES string of the molecule is CC(C)(Cc1ccc(Br)cc1)NC(=O)c1ccc(CN)cc1. The molecule has 0 fully saturated rings. The molecule has 116 valence electrons. The topological polar surface area (TPSA) is 55.1 Å². The van der Waals surface area contributed by atoms with E-state index in [1.165, 1.54) is 5.56 Å². The summed E-state index contributed by atoms with van der Waals surface area (Å²) in [4.78, 5) is 12.4. The molecule has 0 aliphatic heterocycles. The zero-order chi connectivity index (χ0) is 16.2. The lowest BCUT2D eigenvalue weighted by Crippen LogP contribution is -2.45. The minimum Gasteiger partial charge on any atom is -0.347 e. The fraction of sp³-hybridized carbons (Fsp3) is 0.278. The number of carbonyl (C=O) groups excluding carboxylic acids is 1. The van der Waals surface area contributed by atoms with Crippen LogP contribution in [-0.4, -0.2) is 11.4 Å². The summed E-state index contributed by atoms with van der Waals surface area (Å²) in [5, 5.41) is 3.09. The van der Waals surface area contributed by atoms with Gasteiger partial charge in [0.1, 0.15) is 0 Å². The van der Waals surface area contributed by atoms with Crippen molar-refractivity contribution in [3.8, 4) is 0 Å². The van der Waals surface area contributed by atoms with Crippen LogP contribution in [0.15, 0.2) is 53.0 Å². The standard InChI is InChI=1S/C18H21BrN2O/c1-18(2,11-13-5-9-16(19)10-6-13)21-17(22)15-7-3-14(12-20)4-8-15/h3-10H,11-12,20H2,1-2H3,(H,21,22). The number of carbonyl (C=O) groups is 1. The maximum Gasteiger partial charge on any atom is 0.251 e. The second-order valence-corrected chi connectivity index (χ2v) is 6.96. The fourth-order valence-corrected chi connectivity index (χ4v) is 2.59. The van der Waals surface area contributed by atoms with Crippen molar-refractivity contribution in [2.45, 2.75) is 32.4 Å². The molecule has 0 radical (unpaired) electrons. The molecular formula is C18H21BrN2O. The Labute approximate surface area is 140 Å². The third kappa shape index (κ3) is 4.68. The predicted molar refractivity (Wildman–Crippen MR) is 93.7 cm³/mol. The van der Waals surface area contributed by atoms with Gasteiger partial charge in [0.15, 0.2) is 0 Å². The van der Waals surface area contributed by atoms with Crippen molar-refractivity contribution < 1.29 is 4.79 Å². The number of amides is 1. The molecule has 0 spiro atoms. The van der Waals surface area contributed by atoms with Gasteiger partial charge in [0.25, 0.3) is 5.91 Å². The van der Waals surface area contributed by atoms with Gasteiger partial charge in [0.2, 0.25) is 0 Å². The van der Waals surface area contributed by atoms with Crippen molar-refractivity contribution >= 4 is 21.8 Å². The van der Waals surface area contributed by atoms with Gasteiger partial charge in [-0.2, -0.15) is 0 Å². The van der Waals surface area contributed by atoms with Crippen LogP contribution in [-0.2, 0) is 13.0 Å². The number of benzene rings is 2. The van der Waals surface area contributed by atoms with Gasteiger partial charge in [0.05, 0.1) is 0 Å². The summed E-state index contributed by atoms with van der Waals surface area (Å²) < 4.78 is 1.05. The van der Waals surface area contributed by atoms with Crippen LogP contribution >= 0.6 is 15.9 Å². The molecule has 0 atom stereocenters. The Morgan fingerprint density at radius 3 is 2.14 bits per heavy atom. The molecule has 2 aromatic carbocycles. The number of hydrogen-bond acceptors (Lipinski definition) is 2. The molecule has 0 heterocycles. The minimum absolute atomic E-state index is 0.0642. The van der Waals surface area contributed by atoms with E-state index in [4.69, 9.17) is 5.73 Å². The molecule has 2 rings (SSSR count). The number of nitrogens with two attached hydrogens (primary N) is 1. The molecule has 0 bridgehead atoms. The second kappa shape index (κ2) is 7.07. The molecule has 3 N–H and O–H groups in total. The van der Waals surface area contributed by atoms with E-state index in [0.717, 1.165) is 16.5 Å². The van der Waals surface area contributed by atoms with Crippen molar-refractivity contribution in [1.82, 2.24) is 5.32 Å². The van der Waals surface area contributed by atoms with E-state index in [1.807, 2.05) is 50.2 Å². The third-order valence-electron chi connectivity index (χ3n) is 3.46. The molecule has 0 saturated carbocycles. The predicted octanol–water partition coefficient (Wildman–Crippen LogP) is 3.66. The minimum atomic E-state index is -0.322. The van der Waals surface area contributed by atoms with Crippen molar-refractivity contribution in [3.05, 3.63) is 69.7 Å². The monoisotopic (exact) mass is 360 g/mol. The Hall–Kier alpha value is -1.65. The van der Waals surface area contributed by atoms with Gasteiger partial charge in [0, 0.05) is 22.1 Å². The zero-order valence-electron chi connectivity index (χ0n) is 12.9. The summed E-state index contributed by atoms with van der Waals surface area (Å²) >= 11 is 3.43.